The molecule has 0 bridgehead atoms. The predicted molar refractivity (Wildman–Crippen MR) is 80.8 cm³/mol. The summed E-state index contributed by atoms with van der Waals surface area (Å²) in [7, 11) is 0. The number of fused-ring (bicyclic) bond motifs is 5. The van der Waals surface area contributed by atoms with Gasteiger partial charge in [0.2, 0.25) is 0 Å². The molecule has 0 unspecified atom stereocenters. The average molecular weight is 254 g/mol. The molecule has 0 aromatic rings. The lowest BCUT2D eigenvalue weighted by molar-refractivity contribution is 0.138. The van der Waals surface area contributed by atoms with Crippen LogP contribution in [0.2, 0.25) is 0 Å². The van der Waals surface area contributed by atoms with E-state index < -0.39 is 0 Å². The van der Waals surface area contributed by atoms with Crippen LogP contribution in [0.1, 0.15) is 58.8 Å². The lowest BCUT2D eigenvalue weighted by Gasteiger charge is -2.51. The maximum absolute atomic E-state index is 2.67. The van der Waals surface area contributed by atoms with Gasteiger partial charge in [-0.1, -0.05) is 50.1 Å². The van der Waals surface area contributed by atoms with Crippen molar-refractivity contribution >= 4 is 0 Å². The van der Waals surface area contributed by atoms with Crippen molar-refractivity contribution in [2.45, 2.75) is 58.8 Å². The Kier molecular flexibility index (Phi) is 2.44. The minimum absolute atomic E-state index is 0.377. The van der Waals surface area contributed by atoms with Crippen LogP contribution in [-0.2, 0) is 0 Å². The highest BCUT2D eigenvalue weighted by atomic mass is 14.5. The van der Waals surface area contributed by atoms with E-state index >= 15 is 0 Å². The van der Waals surface area contributed by atoms with Crippen LogP contribution in [0.25, 0.3) is 0 Å². The Morgan fingerprint density at radius 3 is 2.95 bits per heavy atom. The highest BCUT2D eigenvalue weighted by molar-refractivity contribution is 5.44. The van der Waals surface area contributed by atoms with Crippen molar-refractivity contribution in [3.63, 3.8) is 0 Å². The molecule has 102 valence electrons. The van der Waals surface area contributed by atoms with Crippen molar-refractivity contribution in [1.29, 1.82) is 0 Å². The van der Waals surface area contributed by atoms with Crippen molar-refractivity contribution in [2.24, 2.45) is 22.7 Å². The van der Waals surface area contributed by atoms with Crippen molar-refractivity contribution in [3.8, 4) is 0 Å². The Morgan fingerprint density at radius 1 is 1.16 bits per heavy atom. The quantitative estimate of drug-likeness (QED) is 0.506. The number of hydrogen-bond donors (Lipinski definition) is 0. The normalized spacial score (nSPS) is 47.9. The summed E-state index contributed by atoms with van der Waals surface area (Å²) in [6, 6.07) is 0. The molecule has 0 saturated heterocycles. The van der Waals surface area contributed by atoms with Crippen molar-refractivity contribution < 1.29 is 0 Å². The second kappa shape index (κ2) is 3.87. The first-order valence-corrected chi connectivity index (χ1v) is 8.21. The molecule has 0 aliphatic heterocycles. The molecule has 4 rings (SSSR count). The second-order valence-corrected chi connectivity index (χ2v) is 7.79. The van der Waals surface area contributed by atoms with E-state index in [9.17, 15) is 0 Å². The molecule has 0 amide bonds. The Labute approximate surface area is 117 Å². The Hall–Kier alpha value is -0.780. The first-order chi connectivity index (χ1) is 9.13. The van der Waals surface area contributed by atoms with E-state index in [0.29, 0.717) is 10.8 Å². The Morgan fingerprint density at radius 2 is 2.05 bits per heavy atom. The smallest absolute Gasteiger partial charge is 0.0136 e. The fraction of sp³-hybridized carbons (Fsp3) is 0.684. The monoisotopic (exact) mass is 254 g/mol. The third-order valence-electron chi connectivity index (χ3n) is 6.81. The zero-order valence-electron chi connectivity index (χ0n) is 12.4. The van der Waals surface area contributed by atoms with Crippen LogP contribution in [0.4, 0.5) is 0 Å². The van der Waals surface area contributed by atoms with Crippen LogP contribution in [0.3, 0.4) is 0 Å². The SMILES string of the molecule is C[C@]12CCC=CC1=CC[C@@H]1C2=CC[C@]2(C)CCC[C@@H]12. The predicted octanol–water partition coefficient (Wildman–Crippen LogP) is 5.43. The van der Waals surface area contributed by atoms with E-state index in [2.05, 4.69) is 38.2 Å². The van der Waals surface area contributed by atoms with E-state index in [4.69, 9.17) is 0 Å². The third-order valence-corrected chi connectivity index (χ3v) is 6.81. The molecule has 1 fully saturated rings. The van der Waals surface area contributed by atoms with Gasteiger partial charge < -0.3 is 0 Å². The summed E-state index contributed by atoms with van der Waals surface area (Å²) in [6.07, 6.45) is 19.7. The molecular formula is C19H26. The van der Waals surface area contributed by atoms with Crippen LogP contribution >= 0.6 is 0 Å². The zero-order chi connectivity index (χ0) is 13.1. The molecule has 0 spiro atoms. The summed E-state index contributed by atoms with van der Waals surface area (Å²) >= 11 is 0. The van der Waals surface area contributed by atoms with Gasteiger partial charge in [0.25, 0.3) is 0 Å². The van der Waals surface area contributed by atoms with Gasteiger partial charge in [-0.25, -0.2) is 0 Å². The highest BCUT2D eigenvalue weighted by Gasteiger charge is 2.50. The molecule has 4 atom stereocenters. The molecule has 0 heterocycles. The number of hydrogen-bond acceptors (Lipinski definition) is 0. The topological polar surface area (TPSA) is 0 Å². The van der Waals surface area contributed by atoms with E-state index in [0.717, 1.165) is 11.8 Å². The van der Waals surface area contributed by atoms with Crippen LogP contribution in [0.15, 0.2) is 35.5 Å². The first kappa shape index (κ1) is 12.0. The molecule has 4 aliphatic rings. The van der Waals surface area contributed by atoms with Gasteiger partial charge in [0.1, 0.15) is 0 Å². The summed E-state index contributed by atoms with van der Waals surface area (Å²) in [5.41, 5.74) is 4.43. The number of rotatable bonds is 0. The molecular weight excluding hydrogens is 228 g/mol. The van der Waals surface area contributed by atoms with Crippen LogP contribution in [0, 0.1) is 22.7 Å². The second-order valence-electron chi connectivity index (χ2n) is 7.79. The standard InChI is InChI=1S/C19H26/c1-18-11-5-7-16(18)15-9-8-14-6-3-4-12-19(14,2)17(15)10-13-18/h3,6,8,10,15-16H,4-5,7,9,11-13H2,1-2H3/t15-,16-,18-,19-/m0/s1. The highest BCUT2D eigenvalue weighted by Crippen LogP contribution is 2.61. The largest absolute Gasteiger partial charge is 0.0842 e. The summed E-state index contributed by atoms with van der Waals surface area (Å²) < 4.78 is 0. The van der Waals surface area contributed by atoms with Crippen LogP contribution < -0.4 is 0 Å². The van der Waals surface area contributed by atoms with E-state index in [-0.39, 0.29) is 0 Å². The summed E-state index contributed by atoms with van der Waals surface area (Å²) in [5.74, 6) is 1.83. The van der Waals surface area contributed by atoms with Gasteiger partial charge >= 0.3 is 0 Å². The summed E-state index contributed by atoms with van der Waals surface area (Å²) in [6.45, 7) is 5.07. The minimum Gasteiger partial charge on any atom is -0.0842 e. The molecule has 1 saturated carbocycles. The molecule has 0 aromatic heterocycles. The molecule has 0 radical (unpaired) electrons. The zero-order valence-corrected chi connectivity index (χ0v) is 12.4. The van der Waals surface area contributed by atoms with Gasteiger partial charge in [-0.15, -0.1) is 0 Å². The van der Waals surface area contributed by atoms with Gasteiger partial charge in [-0.3, -0.25) is 0 Å². The average Bonchev–Trinajstić information content (AvgIpc) is 2.79. The molecule has 0 nitrogen and oxygen atoms in total. The Bertz CT molecular complexity index is 492. The molecule has 0 N–H and O–H groups in total. The third kappa shape index (κ3) is 1.52. The van der Waals surface area contributed by atoms with Crippen LogP contribution in [-0.4, -0.2) is 0 Å². The molecule has 0 aromatic carbocycles. The van der Waals surface area contributed by atoms with Crippen molar-refractivity contribution in [3.05, 3.63) is 35.5 Å². The molecule has 0 heteroatoms. The fourth-order valence-electron chi connectivity index (χ4n) is 5.61. The maximum Gasteiger partial charge on any atom is 0.0136 e. The van der Waals surface area contributed by atoms with E-state index in [1.54, 1.807) is 5.57 Å². The molecule has 19 heavy (non-hydrogen) atoms. The Balaban J connectivity index is 1.79. The van der Waals surface area contributed by atoms with Gasteiger partial charge in [-0.05, 0) is 61.3 Å². The van der Waals surface area contributed by atoms with Crippen molar-refractivity contribution in [1.82, 2.24) is 0 Å². The molecule has 4 aliphatic carbocycles. The van der Waals surface area contributed by atoms with Gasteiger partial charge in [-0.2, -0.15) is 0 Å². The van der Waals surface area contributed by atoms with Crippen LogP contribution in [0.5, 0.6) is 0 Å². The first-order valence-electron chi connectivity index (χ1n) is 8.21. The minimum atomic E-state index is 0.377. The lowest BCUT2D eigenvalue weighted by Crippen LogP contribution is -2.40. The van der Waals surface area contributed by atoms with E-state index in [1.165, 1.54) is 44.9 Å². The lowest BCUT2D eigenvalue weighted by atomic mass is 9.54. The van der Waals surface area contributed by atoms with E-state index in [1.807, 2.05) is 5.57 Å². The van der Waals surface area contributed by atoms with Crippen molar-refractivity contribution in [2.75, 3.05) is 0 Å². The maximum atomic E-state index is 2.67. The van der Waals surface area contributed by atoms with Gasteiger partial charge in [0.15, 0.2) is 0 Å². The van der Waals surface area contributed by atoms with Gasteiger partial charge in [0.05, 0.1) is 0 Å². The fourth-order valence-corrected chi connectivity index (χ4v) is 5.61. The summed E-state index contributed by atoms with van der Waals surface area (Å²) in [4.78, 5) is 0. The number of allylic oxidation sites excluding steroid dienone is 6. The summed E-state index contributed by atoms with van der Waals surface area (Å²) in [5, 5.41) is 0. The van der Waals surface area contributed by atoms with Gasteiger partial charge in [0, 0.05) is 5.41 Å².